The van der Waals surface area contributed by atoms with Gasteiger partial charge in [0.2, 0.25) is 0 Å². The average Bonchev–Trinajstić information content (AvgIpc) is 2.49. The highest BCUT2D eigenvalue weighted by atomic mass is 19.3. The van der Waals surface area contributed by atoms with Gasteiger partial charge in [-0.25, -0.2) is 4.79 Å². The fourth-order valence-corrected chi connectivity index (χ4v) is 1.91. The summed E-state index contributed by atoms with van der Waals surface area (Å²) in [4.78, 5) is 11.9. The SMILES string of the molecule is CC(NC(=O)Nc1ccc(OC(F)F)cc1)c1ccccc1. The minimum atomic E-state index is -2.87. The number of carbonyl (C=O) groups excluding carboxylic acids is 1. The van der Waals surface area contributed by atoms with E-state index in [-0.39, 0.29) is 17.8 Å². The Labute approximate surface area is 127 Å². The maximum absolute atomic E-state index is 12.0. The lowest BCUT2D eigenvalue weighted by molar-refractivity contribution is -0.0498. The minimum absolute atomic E-state index is 0.0404. The van der Waals surface area contributed by atoms with Gasteiger partial charge in [-0.05, 0) is 36.8 Å². The Kier molecular flexibility index (Phi) is 5.30. The van der Waals surface area contributed by atoms with E-state index in [1.807, 2.05) is 37.3 Å². The van der Waals surface area contributed by atoms with Crippen LogP contribution in [0.1, 0.15) is 18.5 Å². The van der Waals surface area contributed by atoms with Crippen molar-refractivity contribution < 1.29 is 18.3 Å². The first-order chi connectivity index (χ1) is 10.5. The van der Waals surface area contributed by atoms with E-state index < -0.39 is 6.61 Å². The van der Waals surface area contributed by atoms with Gasteiger partial charge in [-0.1, -0.05) is 30.3 Å². The van der Waals surface area contributed by atoms with E-state index in [2.05, 4.69) is 15.4 Å². The largest absolute Gasteiger partial charge is 0.435 e. The van der Waals surface area contributed by atoms with Crippen LogP contribution in [0.2, 0.25) is 0 Å². The van der Waals surface area contributed by atoms with Gasteiger partial charge in [-0.2, -0.15) is 8.78 Å². The molecule has 4 nitrogen and oxygen atoms in total. The molecule has 6 heteroatoms. The normalized spacial score (nSPS) is 11.8. The molecule has 0 saturated carbocycles. The molecular weight excluding hydrogens is 290 g/mol. The van der Waals surface area contributed by atoms with E-state index in [9.17, 15) is 13.6 Å². The van der Waals surface area contributed by atoms with E-state index in [4.69, 9.17) is 0 Å². The van der Waals surface area contributed by atoms with E-state index in [0.717, 1.165) is 5.56 Å². The number of anilines is 1. The van der Waals surface area contributed by atoms with Crippen molar-refractivity contribution in [2.75, 3.05) is 5.32 Å². The van der Waals surface area contributed by atoms with Crippen molar-refractivity contribution in [2.45, 2.75) is 19.6 Å². The molecule has 0 bridgehead atoms. The van der Waals surface area contributed by atoms with E-state index in [1.54, 1.807) is 0 Å². The van der Waals surface area contributed by atoms with Gasteiger partial charge in [0.15, 0.2) is 0 Å². The molecule has 0 aromatic heterocycles. The van der Waals surface area contributed by atoms with Crippen molar-refractivity contribution in [2.24, 2.45) is 0 Å². The second kappa shape index (κ2) is 7.40. The third kappa shape index (κ3) is 4.73. The number of hydrogen-bond donors (Lipinski definition) is 2. The van der Waals surface area contributed by atoms with Crippen molar-refractivity contribution in [1.82, 2.24) is 5.32 Å². The number of ether oxygens (including phenoxy) is 1. The molecule has 2 amide bonds. The predicted octanol–water partition coefficient (Wildman–Crippen LogP) is 4.17. The summed E-state index contributed by atoms with van der Waals surface area (Å²) in [6.07, 6.45) is 0. The van der Waals surface area contributed by atoms with Crippen LogP contribution < -0.4 is 15.4 Å². The first-order valence-electron chi connectivity index (χ1n) is 6.72. The highest BCUT2D eigenvalue weighted by Crippen LogP contribution is 2.18. The van der Waals surface area contributed by atoms with Crippen LogP contribution in [-0.4, -0.2) is 12.6 Å². The van der Waals surface area contributed by atoms with Crippen LogP contribution in [0.25, 0.3) is 0 Å². The number of rotatable bonds is 5. The zero-order chi connectivity index (χ0) is 15.9. The third-order valence-electron chi connectivity index (χ3n) is 2.98. The predicted molar refractivity (Wildman–Crippen MR) is 80.1 cm³/mol. The first kappa shape index (κ1) is 15.8. The maximum Gasteiger partial charge on any atom is 0.387 e. The quantitative estimate of drug-likeness (QED) is 0.871. The summed E-state index contributed by atoms with van der Waals surface area (Å²) in [5.74, 6) is 0.0404. The van der Waals surface area contributed by atoms with Crippen LogP contribution in [0.4, 0.5) is 19.3 Å². The van der Waals surface area contributed by atoms with Gasteiger partial charge >= 0.3 is 12.6 Å². The molecule has 0 spiro atoms. The number of benzene rings is 2. The number of nitrogens with one attached hydrogen (secondary N) is 2. The zero-order valence-electron chi connectivity index (χ0n) is 11.9. The smallest absolute Gasteiger partial charge is 0.387 e. The lowest BCUT2D eigenvalue weighted by Gasteiger charge is -2.15. The number of hydrogen-bond acceptors (Lipinski definition) is 2. The molecule has 0 heterocycles. The Balaban J connectivity index is 1.89. The number of alkyl halides is 2. The van der Waals surface area contributed by atoms with Crippen LogP contribution in [0, 0.1) is 0 Å². The van der Waals surface area contributed by atoms with Crippen molar-refractivity contribution in [3.63, 3.8) is 0 Å². The number of urea groups is 1. The Morgan fingerprint density at radius 2 is 1.68 bits per heavy atom. The molecule has 2 aromatic carbocycles. The van der Waals surface area contributed by atoms with Crippen LogP contribution in [0.3, 0.4) is 0 Å². The Morgan fingerprint density at radius 1 is 1.05 bits per heavy atom. The number of halogens is 2. The highest BCUT2D eigenvalue weighted by Gasteiger charge is 2.09. The third-order valence-corrected chi connectivity index (χ3v) is 2.98. The second-order valence-electron chi connectivity index (χ2n) is 4.63. The van der Waals surface area contributed by atoms with Gasteiger partial charge in [0.25, 0.3) is 0 Å². The van der Waals surface area contributed by atoms with Crippen LogP contribution >= 0.6 is 0 Å². The van der Waals surface area contributed by atoms with Crippen molar-refractivity contribution >= 4 is 11.7 Å². The molecule has 22 heavy (non-hydrogen) atoms. The van der Waals surface area contributed by atoms with Gasteiger partial charge in [0.1, 0.15) is 5.75 Å². The highest BCUT2D eigenvalue weighted by molar-refractivity contribution is 5.89. The summed E-state index contributed by atoms with van der Waals surface area (Å²) in [5.41, 5.74) is 1.47. The maximum atomic E-state index is 12.0. The second-order valence-corrected chi connectivity index (χ2v) is 4.63. The summed E-state index contributed by atoms with van der Waals surface area (Å²) >= 11 is 0. The minimum Gasteiger partial charge on any atom is -0.435 e. The molecule has 0 saturated heterocycles. The van der Waals surface area contributed by atoms with E-state index >= 15 is 0 Å². The molecule has 0 aliphatic rings. The summed E-state index contributed by atoms with van der Waals surface area (Å²) in [5, 5.41) is 5.42. The molecule has 2 aromatic rings. The molecule has 0 aliphatic carbocycles. The molecule has 1 unspecified atom stereocenters. The standard InChI is InChI=1S/C16H16F2N2O2/c1-11(12-5-3-2-4-6-12)19-16(21)20-13-7-9-14(10-8-13)22-15(17)18/h2-11,15H,1H3,(H2,19,20,21). The zero-order valence-corrected chi connectivity index (χ0v) is 11.9. The number of amides is 2. The van der Waals surface area contributed by atoms with Crippen LogP contribution in [-0.2, 0) is 0 Å². The van der Waals surface area contributed by atoms with Gasteiger partial charge in [-0.15, -0.1) is 0 Å². The molecule has 2 rings (SSSR count). The summed E-state index contributed by atoms with van der Waals surface area (Å²) < 4.78 is 28.3. The van der Waals surface area contributed by atoms with Gasteiger partial charge < -0.3 is 15.4 Å². The Bertz CT molecular complexity index is 603. The molecule has 0 fully saturated rings. The first-order valence-corrected chi connectivity index (χ1v) is 6.72. The molecule has 0 aliphatic heterocycles. The summed E-state index contributed by atoms with van der Waals surface area (Å²) in [6.45, 7) is -0.997. The lowest BCUT2D eigenvalue weighted by Crippen LogP contribution is -2.31. The Morgan fingerprint density at radius 3 is 2.27 bits per heavy atom. The van der Waals surface area contributed by atoms with Gasteiger partial charge in [0.05, 0.1) is 6.04 Å². The van der Waals surface area contributed by atoms with Gasteiger partial charge in [-0.3, -0.25) is 0 Å². The van der Waals surface area contributed by atoms with Gasteiger partial charge in [0, 0.05) is 5.69 Å². The molecule has 116 valence electrons. The van der Waals surface area contributed by atoms with Crippen LogP contribution in [0.5, 0.6) is 5.75 Å². The lowest BCUT2D eigenvalue weighted by atomic mass is 10.1. The molecule has 2 N–H and O–H groups in total. The van der Waals surface area contributed by atoms with E-state index in [0.29, 0.717) is 5.69 Å². The fraction of sp³-hybridized carbons (Fsp3) is 0.188. The molecule has 1 atom stereocenters. The monoisotopic (exact) mass is 306 g/mol. The topological polar surface area (TPSA) is 50.4 Å². The van der Waals surface area contributed by atoms with Crippen LogP contribution in [0.15, 0.2) is 54.6 Å². The summed E-state index contributed by atoms with van der Waals surface area (Å²) in [6, 6.07) is 14.7. The summed E-state index contributed by atoms with van der Waals surface area (Å²) in [7, 11) is 0. The molecule has 0 radical (unpaired) electrons. The van der Waals surface area contributed by atoms with Crippen molar-refractivity contribution in [1.29, 1.82) is 0 Å². The van der Waals surface area contributed by atoms with E-state index in [1.165, 1.54) is 24.3 Å². The fourth-order valence-electron chi connectivity index (χ4n) is 1.91. The average molecular weight is 306 g/mol. The van der Waals surface area contributed by atoms with Crippen molar-refractivity contribution in [3.8, 4) is 5.75 Å². The van der Waals surface area contributed by atoms with Crippen molar-refractivity contribution in [3.05, 3.63) is 60.2 Å². The Hall–Kier alpha value is -2.63. The molecular formula is C16H16F2N2O2. The number of carbonyl (C=O) groups is 1.